The molecule has 0 aromatic carbocycles. The Bertz CT molecular complexity index is 431. The first-order valence-corrected chi connectivity index (χ1v) is 7.43. The number of nitrogens with zero attached hydrogens (tertiary/aromatic N) is 1. The molecule has 4 nitrogen and oxygen atoms in total. The minimum Gasteiger partial charge on any atom is -0.444 e. The van der Waals surface area contributed by atoms with Crippen molar-refractivity contribution in [1.29, 1.82) is 0 Å². The minimum atomic E-state index is 0.409. The maximum atomic E-state index is 5.86. The van der Waals surface area contributed by atoms with E-state index >= 15 is 0 Å². The van der Waals surface area contributed by atoms with E-state index in [2.05, 4.69) is 17.2 Å². The molecule has 1 heterocycles. The van der Waals surface area contributed by atoms with Crippen molar-refractivity contribution in [2.24, 2.45) is 5.41 Å². The van der Waals surface area contributed by atoms with Gasteiger partial charge in [-0.25, -0.2) is 4.98 Å². The van der Waals surface area contributed by atoms with Crippen molar-refractivity contribution in [2.75, 3.05) is 6.61 Å². The zero-order valence-corrected chi connectivity index (χ0v) is 12.2. The van der Waals surface area contributed by atoms with Gasteiger partial charge in [-0.3, -0.25) is 0 Å². The highest BCUT2D eigenvalue weighted by atomic mass is 16.5. The zero-order chi connectivity index (χ0) is 13.5. The average molecular weight is 264 g/mol. The quantitative estimate of drug-likeness (QED) is 0.888. The molecule has 19 heavy (non-hydrogen) atoms. The van der Waals surface area contributed by atoms with Crippen molar-refractivity contribution >= 4 is 0 Å². The van der Waals surface area contributed by atoms with Crippen LogP contribution in [0.25, 0.3) is 0 Å². The van der Waals surface area contributed by atoms with Crippen LogP contribution in [0.15, 0.2) is 4.42 Å². The third-order valence-corrected chi connectivity index (χ3v) is 5.01. The van der Waals surface area contributed by atoms with Crippen LogP contribution in [0.5, 0.6) is 0 Å². The van der Waals surface area contributed by atoms with Crippen LogP contribution in [-0.4, -0.2) is 23.7 Å². The Morgan fingerprint density at radius 1 is 1.42 bits per heavy atom. The first-order chi connectivity index (χ1) is 9.15. The predicted molar refractivity (Wildman–Crippen MR) is 72.9 cm³/mol. The highest BCUT2D eigenvalue weighted by Gasteiger charge is 2.58. The fraction of sp³-hybridized carbons (Fsp3) is 0.800. The molecule has 3 rings (SSSR count). The molecule has 106 valence electrons. The van der Waals surface area contributed by atoms with Crippen LogP contribution >= 0.6 is 0 Å². The van der Waals surface area contributed by atoms with Crippen molar-refractivity contribution in [1.82, 2.24) is 10.3 Å². The van der Waals surface area contributed by atoms with Gasteiger partial charge in [0.05, 0.1) is 18.3 Å². The summed E-state index contributed by atoms with van der Waals surface area (Å²) in [5.74, 6) is 1.74. The number of aromatic nitrogens is 1. The van der Waals surface area contributed by atoms with E-state index in [0.717, 1.165) is 36.9 Å². The number of aryl methyl sites for hydroxylation is 2. The van der Waals surface area contributed by atoms with Gasteiger partial charge < -0.3 is 14.5 Å². The summed E-state index contributed by atoms with van der Waals surface area (Å²) < 4.78 is 11.5. The van der Waals surface area contributed by atoms with E-state index in [0.29, 0.717) is 17.6 Å². The minimum absolute atomic E-state index is 0.409. The van der Waals surface area contributed by atoms with Crippen LogP contribution in [0.3, 0.4) is 0 Å². The van der Waals surface area contributed by atoms with E-state index in [9.17, 15) is 0 Å². The van der Waals surface area contributed by atoms with E-state index < -0.39 is 0 Å². The maximum Gasteiger partial charge on any atom is 0.208 e. The van der Waals surface area contributed by atoms with Crippen molar-refractivity contribution in [3.05, 3.63) is 17.3 Å². The standard InChI is InChI=1S/C15H24N2O2/c1-4-18-13-8-12(15(13)6-5-7-15)16-9-14-17-10(2)11(3)19-14/h12-13,16H,4-9H2,1-3H3. The molecule has 0 aliphatic heterocycles. The molecule has 2 aliphatic rings. The van der Waals surface area contributed by atoms with Crippen molar-refractivity contribution in [3.8, 4) is 0 Å². The van der Waals surface area contributed by atoms with Crippen LogP contribution in [0.1, 0.15) is 50.0 Å². The van der Waals surface area contributed by atoms with Gasteiger partial charge >= 0.3 is 0 Å². The first-order valence-electron chi connectivity index (χ1n) is 7.43. The molecule has 0 radical (unpaired) electrons. The second kappa shape index (κ2) is 4.91. The van der Waals surface area contributed by atoms with Gasteiger partial charge in [-0.15, -0.1) is 0 Å². The smallest absolute Gasteiger partial charge is 0.208 e. The van der Waals surface area contributed by atoms with Gasteiger partial charge in [-0.2, -0.15) is 0 Å². The number of hydrogen-bond donors (Lipinski definition) is 1. The largest absolute Gasteiger partial charge is 0.444 e. The molecule has 0 saturated heterocycles. The molecular formula is C15H24N2O2. The number of hydrogen-bond acceptors (Lipinski definition) is 4. The van der Waals surface area contributed by atoms with E-state index in [-0.39, 0.29) is 0 Å². The van der Waals surface area contributed by atoms with Crippen LogP contribution in [-0.2, 0) is 11.3 Å². The summed E-state index contributed by atoms with van der Waals surface area (Å²) in [5, 5.41) is 3.62. The Hall–Kier alpha value is -0.870. The molecule has 2 aliphatic carbocycles. The maximum absolute atomic E-state index is 5.86. The van der Waals surface area contributed by atoms with Gasteiger partial charge in [0.1, 0.15) is 5.76 Å². The fourth-order valence-electron chi connectivity index (χ4n) is 3.55. The zero-order valence-electron chi connectivity index (χ0n) is 12.2. The van der Waals surface area contributed by atoms with Crippen LogP contribution in [0.4, 0.5) is 0 Å². The Morgan fingerprint density at radius 3 is 2.74 bits per heavy atom. The summed E-state index contributed by atoms with van der Waals surface area (Å²) in [6.07, 6.45) is 5.56. The van der Waals surface area contributed by atoms with Gasteiger partial charge in [0.25, 0.3) is 0 Å². The molecular weight excluding hydrogens is 240 g/mol. The van der Waals surface area contributed by atoms with E-state index in [1.807, 2.05) is 13.8 Å². The lowest BCUT2D eigenvalue weighted by atomic mass is 9.51. The van der Waals surface area contributed by atoms with Gasteiger partial charge in [0.15, 0.2) is 0 Å². The average Bonchev–Trinajstić information content (AvgIpc) is 2.60. The highest BCUT2D eigenvalue weighted by molar-refractivity contribution is 5.12. The van der Waals surface area contributed by atoms with Gasteiger partial charge in [0, 0.05) is 18.1 Å². The summed E-state index contributed by atoms with van der Waals surface area (Å²) >= 11 is 0. The Balaban J connectivity index is 1.56. The molecule has 4 heteroatoms. The van der Waals surface area contributed by atoms with Crippen molar-refractivity contribution in [2.45, 2.75) is 65.1 Å². The molecule has 1 spiro atoms. The Kier molecular flexibility index (Phi) is 3.39. The van der Waals surface area contributed by atoms with Gasteiger partial charge in [-0.1, -0.05) is 6.42 Å². The fourth-order valence-corrected chi connectivity index (χ4v) is 3.55. The molecule has 0 bridgehead atoms. The molecule has 1 aromatic rings. The van der Waals surface area contributed by atoms with E-state index in [4.69, 9.17) is 9.15 Å². The highest BCUT2D eigenvalue weighted by Crippen LogP contribution is 2.57. The van der Waals surface area contributed by atoms with E-state index in [1.165, 1.54) is 19.3 Å². The lowest BCUT2D eigenvalue weighted by Gasteiger charge is -2.61. The molecule has 1 aromatic heterocycles. The molecule has 2 saturated carbocycles. The van der Waals surface area contributed by atoms with Gasteiger partial charge in [-0.05, 0) is 40.0 Å². The summed E-state index contributed by atoms with van der Waals surface area (Å²) in [7, 11) is 0. The Morgan fingerprint density at radius 2 is 2.21 bits per heavy atom. The van der Waals surface area contributed by atoms with Crippen LogP contribution in [0, 0.1) is 19.3 Å². The topological polar surface area (TPSA) is 47.3 Å². The summed E-state index contributed by atoms with van der Waals surface area (Å²) in [6.45, 7) is 7.61. The third-order valence-electron chi connectivity index (χ3n) is 5.01. The lowest BCUT2D eigenvalue weighted by molar-refractivity contribution is -0.173. The summed E-state index contributed by atoms with van der Waals surface area (Å²) in [5.41, 5.74) is 1.41. The molecule has 0 amide bonds. The molecule has 1 N–H and O–H groups in total. The van der Waals surface area contributed by atoms with Crippen molar-refractivity contribution < 1.29 is 9.15 Å². The number of nitrogens with one attached hydrogen (secondary N) is 1. The second-order valence-electron chi connectivity index (χ2n) is 5.95. The SMILES string of the molecule is CCOC1CC(NCc2nc(C)c(C)o2)C12CCC2. The van der Waals surface area contributed by atoms with E-state index in [1.54, 1.807) is 0 Å². The monoisotopic (exact) mass is 264 g/mol. The van der Waals surface area contributed by atoms with Crippen LogP contribution < -0.4 is 5.32 Å². The number of ether oxygens (including phenoxy) is 1. The first kappa shape index (κ1) is 13.1. The van der Waals surface area contributed by atoms with Gasteiger partial charge in [0.2, 0.25) is 5.89 Å². The number of rotatable bonds is 5. The molecule has 2 fully saturated rings. The predicted octanol–water partition coefficient (Wildman–Crippen LogP) is 2.73. The Labute approximate surface area is 114 Å². The van der Waals surface area contributed by atoms with Crippen molar-refractivity contribution in [3.63, 3.8) is 0 Å². The normalized spacial score (nSPS) is 28.2. The second-order valence-corrected chi connectivity index (χ2v) is 5.95. The third kappa shape index (κ3) is 2.11. The molecule has 2 unspecified atom stereocenters. The molecule has 2 atom stereocenters. The summed E-state index contributed by atoms with van der Waals surface area (Å²) in [4.78, 5) is 4.43. The summed E-state index contributed by atoms with van der Waals surface area (Å²) in [6, 6.07) is 0.574. The lowest BCUT2D eigenvalue weighted by Crippen LogP contribution is -2.66. The number of oxazole rings is 1. The van der Waals surface area contributed by atoms with Crippen LogP contribution in [0.2, 0.25) is 0 Å².